The third kappa shape index (κ3) is 4.80. The average Bonchev–Trinajstić information content (AvgIpc) is 3.05. The Morgan fingerprint density at radius 2 is 1.88 bits per heavy atom. The van der Waals surface area contributed by atoms with E-state index in [0.29, 0.717) is 42.1 Å². The molecule has 2 aromatic carbocycles. The number of carbonyl (C=O) groups excluding carboxylic acids is 2. The molecule has 2 N–H and O–H groups in total. The van der Waals surface area contributed by atoms with Crippen molar-refractivity contribution in [2.75, 3.05) is 34.0 Å². The normalized spacial score (nSPS) is 17.5. The van der Waals surface area contributed by atoms with Crippen molar-refractivity contribution < 1.29 is 34.0 Å². The molecule has 176 valence electrons. The minimum absolute atomic E-state index is 0.0150. The third-order valence-corrected chi connectivity index (χ3v) is 5.58. The fraction of sp³-hybridized carbons (Fsp3) is 0.360. The number of hydrogen-bond donors (Lipinski definition) is 2. The number of carbonyl (C=O) groups is 2. The maximum Gasteiger partial charge on any atom is 0.295 e. The van der Waals surface area contributed by atoms with E-state index in [9.17, 15) is 19.8 Å². The number of hydrogen-bond acceptors (Lipinski definition) is 7. The van der Waals surface area contributed by atoms with Crippen molar-refractivity contribution in [3.8, 4) is 17.2 Å². The van der Waals surface area contributed by atoms with Crippen LogP contribution in [0.5, 0.6) is 17.2 Å². The van der Waals surface area contributed by atoms with Gasteiger partial charge in [0.15, 0.2) is 11.5 Å². The molecule has 1 heterocycles. The number of aromatic hydroxyl groups is 1. The monoisotopic (exact) mass is 455 g/mol. The molecule has 0 aromatic heterocycles. The van der Waals surface area contributed by atoms with Gasteiger partial charge >= 0.3 is 0 Å². The van der Waals surface area contributed by atoms with Crippen LogP contribution in [0.3, 0.4) is 0 Å². The van der Waals surface area contributed by atoms with Crippen LogP contribution in [0.25, 0.3) is 5.76 Å². The number of amides is 1. The molecular formula is C25H29NO7. The molecule has 1 fully saturated rings. The Labute approximate surface area is 193 Å². The van der Waals surface area contributed by atoms with E-state index in [-0.39, 0.29) is 29.4 Å². The number of nitrogens with zero attached hydrogens (tertiary/aromatic N) is 1. The van der Waals surface area contributed by atoms with Gasteiger partial charge in [0.2, 0.25) is 0 Å². The molecule has 0 unspecified atom stereocenters. The Hall–Kier alpha value is -3.52. The van der Waals surface area contributed by atoms with Crippen molar-refractivity contribution >= 4 is 17.4 Å². The predicted molar refractivity (Wildman–Crippen MR) is 123 cm³/mol. The number of Topliss-reactive ketones (excluding diaryl/α,β-unsaturated/α-hetero) is 1. The predicted octanol–water partition coefficient (Wildman–Crippen LogP) is 3.57. The van der Waals surface area contributed by atoms with Crippen molar-refractivity contribution in [2.24, 2.45) is 0 Å². The average molecular weight is 456 g/mol. The van der Waals surface area contributed by atoms with Gasteiger partial charge in [-0.1, -0.05) is 6.07 Å². The molecule has 1 saturated heterocycles. The van der Waals surface area contributed by atoms with Gasteiger partial charge in [0.05, 0.1) is 25.3 Å². The Balaban J connectivity index is 2.18. The highest BCUT2D eigenvalue weighted by atomic mass is 16.5. The van der Waals surface area contributed by atoms with Crippen LogP contribution >= 0.6 is 0 Å². The number of phenolic OH excluding ortho intramolecular Hbond substituents is 1. The summed E-state index contributed by atoms with van der Waals surface area (Å²) in [4.78, 5) is 27.5. The zero-order valence-corrected chi connectivity index (χ0v) is 19.3. The zero-order valence-electron chi connectivity index (χ0n) is 19.3. The van der Waals surface area contributed by atoms with E-state index < -0.39 is 17.7 Å². The lowest BCUT2D eigenvalue weighted by molar-refractivity contribution is -0.140. The van der Waals surface area contributed by atoms with Gasteiger partial charge in [-0.25, -0.2) is 0 Å². The number of likely N-dealkylation sites (tertiary alicyclic amines) is 1. The van der Waals surface area contributed by atoms with Crippen LogP contribution in [0.1, 0.15) is 36.1 Å². The van der Waals surface area contributed by atoms with E-state index in [4.69, 9.17) is 14.2 Å². The number of methoxy groups -OCH3 is 2. The topological polar surface area (TPSA) is 106 Å². The molecule has 8 nitrogen and oxygen atoms in total. The van der Waals surface area contributed by atoms with E-state index in [1.165, 1.54) is 11.0 Å². The first-order valence-corrected chi connectivity index (χ1v) is 10.7. The van der Waals surface area contributed by atoms with E-state index in [1.807, 2.05) is 0 Å². The number of aryl methyl sites for hydroxylation is 1. The molecule has 1 atom stereocenters. The zero-order chi connectivity index (χ0) is 24.1. The summed E-state index contributed by atoms with van der Waals surface area (Å²) in [6.07, 6.45) is 0.512. The smallest absolute Gasteiger partial charge is 0.295 e. The van der Waals surface area contributed by atoms with Crippen LogP contribution < -0.4 is 9.47 Å². The molecule has 3 rings (SSSR count). The molecule has 0 saturated carbocycles. The highest BCUT2D eigenvalue weighted by molar-refractivity contribution is 6.46. The second-order valence-corrected chi connectivity index (χ2v) is 7.68. The Bertz CT molecular complexity index is 1080. The molecule has 1 aliphatic heterocycles. The summed E-state index contributed by atoms with van der Waals surface area (Å²) < 4.78 is 15.8. The van der Waals surface area contributed by atoms with E-state index >= 15 is 0 Å². The highest BCUT2D eigenvalue weighted by Gasteiger charge is 2.46. The van der Waals surface area contributed by atoms with E-state index in [1.54, 1.807) is 58.4 Å². The third-order valence-electron chi connectivity index (χ3n) is 5.58. The van der Waals surface area contributed by atoms with Crippen LogP contribution in [-0.2, 0) is 14.3 Å². The minimum Gasteiger partial charge on any atom is -0.507 e. The summed E-state index contributed by atoms with van der Waals surface area (Å²) in [7, 11) is 3.10. The van der Waals surface area contributed by atoms with Crippen molar-refractivity contribution in [3.63, 3.8) is 0 Å². The molecule has 1 aliphatic rings. The maximum absolute atomic E-state index is 13.1. The molecule has 0 spiro atoms. The molecule has 0 radical (unpaired) electrons. The van der Waals surface area contributed by atoms with Crippen LogP contribution in [0.4, 0.5) is 0 Å². The first kappa shape index (κ1) is 24.1. The largest absolute Gasteiger partial charge is 0.507 e. The summed E-state index contributed by atoms with van der Waals surface area (Å²) >= 11 is 0. The number of rotatable bonds is 9. The van der Waals surface area contributed by atoms with Crippen LogP contribution in [0, 0.1) is 6.92 Å². The fourth-order valence-electron chi connectivity index (χ4n) is 3.98. The summed E-state index contributed by atoms with van der Waals surface area (Å²) in [6.45, 7) is 4.57. The lowest BCUT2D eigenvalue weighted by Gasteiger charge is -2.26. The van der Waals surface area contributed by atoms with Gasteiger partial charge < -0.3 is 29.3 Å². The molecule has 33 heavy (non-hydrogen) atoms. The first-order chi connectivity index (χ1) is 15.8. The molecule has 1 amide bonds. The standard InChI is InChI=1S/C25H29NO7/c1-5-33-20-14-16(7-10-19(20)27)22-21(24(29)25(30)26(22)11-6-12-31-3)23(28)18-9-8-17(32-4)13-15(18)2/h7-10,13-14,22,27-28H,5-6,11-12H2,1-4H3/t22-/m1/s1. The number of benzene rings is 2. The first-order valence-electron chi connectivity index (χ1n) is 10.7. The highest BCUT2D eigenvalue weighted by Crippen LogP contribution is 2.42. The molecule has 0 aliphatic carbocycles. The summed E-state index contributed by atoms with van der Waals surface area (Å²) in [5.41, 5.74) is 1.65. The molecule has 0 bridgehead atoms. The van der Waals surface area contributed by atoms with Crippen molar-refractivity contribution in [3.05, 3.63) is 58.7 Å². The molecule has 2 aromatic rings. The van der Waals surface area contributed by atoms with E-state index in [0.717, 1.165) is 0 Å². The van der Waals surface area contributed by atoms with Gasteiger partial charge in [0, 0.05) is 25.8 Å². The fourth-order valence-corrected chi connectivity index (χ4v) is 3.98. The van der Waals surface area contributed by atoms with E-state index in [2.05, 4.69) is 0 Å². The van der Waals surface area contributed by atoms with Crippen molar-refractivity contribution in [1.82, 2.24) is 4.90 Å². The van der Waals surface area contributed by atoms with Crippen molar-refractivity contribution in [2.45, 2.75) is 26.3 Å². The SMILES string of the molecule is CCOc1cc([C@@H]2C(=C(O)c3ccc(OC)cc3C)C(=O)C(=O)N2CCCOC)ccc1O. The Kier molecular flexibility index (Phi) is 7.60. The molecular weight excluding hydrogens is 426 g/mol. The number of phenols is 1. The molecule has 8 heteroatoms. The summed E-state index contributed by atoms with van der Waals surface area (Å²) in [5, 5.41) is 21.4. The number of aliphatic hydroxyl groups excluding tert-OH is 1. The van der Waals surface area contributed by atoms with Crippen LogP contribution in [-0.4, -0.2) is 60.8 Å². The quantitative estimate of drug-likeness (QED) is 0.258. The Morgan fingerprint density at radius 1 is 1.12 bits per heavy atom. The minimum atomic E-state index is -0.844. The second-order valence-electron chi connectivity index (χ2n) is 7.68. The van der Waals surface area contributed by atoms with Crippen LogP contribution in [0.2, 0.25) is 0 Å². The van der Waals surface area contributed by atoms with Gasteiger partial charge in [0.25, 0.3) is 11.7 Å². The van der Waals surface area contributed by atoms with Crippen molar-refractivity contribution in [1.29, 1.82) is 0 Å². The Morgan fingerprint density at radius 3 is 2.52 bits per heavy atom. The summed E-state index contributed by atoms with van der Waals surface area (Å²) in [6, 6.07) is 8.89. The lowest BCUT2D eigenvalue weighted by atomic mass is 9.93. The van der Waals surface area contributed by atoms with Gasteiger partial charge in [0.1, 0.15) is 11.5 Å². The van der Waals surface area contributed by atoms with Gasteiger partial charge in [-0.2, -0.15) is 0 Å². The van der Waals surface area contributed by atoms with Gasteiger partial charge in [-0.15, -0.1) is 0 Å². The van der Waals surface area contributed by atoms with Gasteiger partial charge in [-0.05, 0) is 61.7 Å². The van der Waals surface area contributed by atoms with Gasteiger partial charge in [-0.3, -0.25) is 9.59 Å². The summed E-state index contributed by atoms with van der Waals surface area (Å²) in [5.74, 6) is -0.939. The maximum atomic E-state index is 13.1. The second kappa shape index (κ2) is 10.4. The van der Waals surface area contributed by atoms with Crippen LogP contribution in [0.15, 0.2) is 42.0 Å². The number of ether oxygens (including phenoxy) is 3. The lowest BCUT2D eigenvalue weighted by Crippen LogP contribution is -2.31. The number of ketones is 1. The number of aliphatic hydroxyl groups is 1.